The summed E-state index contributed by atoms with van der Waals surface area (Å²) in [6.45, 7) is 0.0647. The molecule has 0 heterocycles. The molecule has 21 heavy (non-hydrogen) atoms. The largest absolute Gasteiger partial charge is 0.394 e. The normalized spacial score (nSPS) is 21.4. The zero-order valence-electron chi connectivity index (χ0n) is 12.0. The Bertz CT molecular complexity index is 628. The summed E-state index contributed by atoms with van der Waals surface area (Å²) in [5, 5.41) is 14.4. The Kier molecular flexibility index (Phi) is 4.18. The molecule has 0 aromatic heterocycles. The van der Waals surface area contributed by atoms with Crippen molar-refractivity contribution < 1.29 is 5.11 Å². The molecule has 2 aromatic rings. The maximum atomic E-state index is 10.2. The lowest BCUT2D eigenvalue weighted by molar-refractivity contribution is 0.202. The molecule has 1 unspecified atom stereocenters. The molecule has 110 valence electrons. The summed E-state index contributed by atoms with van der Waals surface area (Å²) >= 11 is 6.29. The molecule has 2 N–H and O–H groups in total. The number of hydrogen-bond donors (Lipinski definition) is 2. The number of benzene rings is 2. The first-order valence-corrected chi connectivity index (χ1v) is 7.85. The predicted octanol–water partition coefficient (Wildman–Crippen LogP) is 4.37. The standard InChI is InChI=1S/C18H20ClNO/c19-16-10-3-4-11-17(16)20-18(13-21)12-6-5-8-14-7-1-2-9-15(14)18/h1-4,7,9-11,20-21H,5-6,8,12-13H2. The van der Waals surface area contributed by atoms with Crippen LogP contribution in [0.15, 0.2) is 48.5 Å². The number of halogens is 1. The van der Waals surface area contributed by atoms with Crippen LogP contribution in [-0.4, -0.2) is 11.7 Å². The molecule has 1 aliphatic rings. The van der Waals surface area contributed by atoms with Crippen LogP contribution in [0.5, 0.6) is 0 Å². The van der Waals surface area contributed by atoms with E-state index >= 15 is 0 Å². The number of fused-ring (bicyclic) bond motifs is 1. The quantitative estimate of drug-likeness (QED) is 0.825. The average Bonchev–Trinajstić information content (AvgIpc) is 2.70. The second-order valence-electron chi connectivity index (χ2n) is 5.71. The molecule has 0 spiro atoms. The number of aliphatic hydroxyl groups excluding tert-OH is 1. The van der Waals surface area contributed by atoms with Crippen molar-refractivity contribution in [2.45, 2.75) is 31.2 Å². The summed E-state index contributed by atoms with van der Waals surface area (Å²) in [4.78, 5) is 0. The van der Waals surface area contributed by atoms with Crippen LogP contribution >= 0.6 is 11.6 Å². The Morgan fingerprint density at radius 2 is 1.81 bits per heavy atom. The summed E-state index contributed by atoms with van der Waals surface area (Å²) in [6.07, 6.45) is 4.23. The summed E-state index contributed by atoms with van der Waals surface area (Å²) in [7, 11) is 0. The van der Waals surface area contributed by atoms with Gasteiger partial charge in [0.25, 0.3) is 0 Å². The van der Waals surface area contributed by atoms with Crippen molar-refractivity contribution in [1.29, 1.82) is 0 Å². The second kappa shape index (κ2) is 6.08. The van der Waals surface area contributed by atoms with E-state index in [1.165, 1.54) is 11.1 Å². The van der Waals surface area contributed by atoms with E-state index in [4.69, 9.17) is 11.6 Å². The van der Waals surface area contributed by atoms with Gasteiger partial charge in [-0.05, 0) is 42.5 Å². The Labute approximate surface area is 130 Å². The number of rotatable bonds is 3. The maximum absolute atomic E-state index is 10.2. The first kappa shape index (κ1) is 14.4. The van der Waals surface area contributed by atoms with Crippen LogP contribution in [0.4, 0.5) is 5.69 Å². The van der Waals surface area contributed by atoms with Gasteiger partial charge < -0.3 is 10.4 Å². The van der Waals surface area contributed by atoms with E-state index < -0.39 is 5.54 Å². The van der Waals surface area contributed by atoms with Crippen LogP contribution < -0.4 is 5.32 Å². The van der Waals surface area contributed by atoms with Gasteiger partial charge in [-0.2, -0.15) is 0 Å². The molecule has 1 aliphatic carbocycles. The van der Waals surface area contributed by atoms with E-state index in [9.17, 15) is 5.11 Å². The Balaban J connectivity index is 2.05. The molecule has 3 heteroatoms. The van der Waals surface area contributed by atoms with Gasteiger partial charge in [0.05, 0.1) is 22.9 Å². The van der Waals surface area contributed by atoms with Crippen molar-refractivity contribution in [2.75, 3.05) is 11.9 Å². The Morgan fingerprint density at radius 3 is 2.62 bits per heavy atom. The molecular weight excluding hydrogens is 282 g/mol. The molecule has 0 saturated heterocycles. The summed E-state index contributed by atoms with van der Waals surface area (Å²) in [6, 6.07) is 16.1. The van der Waals surface area contributed by atoms with Gasteiger partial charge in [0, 0.05) is 0 Å². The Morgan fingerprint density at radius 1 is 1.05 bits per heavy atom. The van der Waals surface area contributed by atoms with Crippen molar-refractivity contribution in [2.24, 2.45) is 0 Å². The molecule has 2 aromatic carbocycles. The molecule has 1 atom stereocenters. The molecule has 0 fully saturated rings. The minimum Gasteiger partial charge on any atom is -0.394 e. The predicted molar refractivity (Wildman–Crippen MR) is 87.8 cm³/mol. The van der Waals surface area contributed by atoms with Crippen LogP contribution in [0.25, 0.3) is 0 Å². The smallest absolute Gasteiger partial charge is 0.0859 e. The number of nitrogens with one attached hydrogen (secondary N) is 1. The topological polar surface area (TPSA) is 32.3 Å². The second-order valence-corrected chi connectivity index (χ2v) is 6.12. The molecular formula is C18H20ClNO. The Hall–Kier alpha value is -1.51. The molecule has 0 aliphatic heterocycles. The van der Waals surface area contributed by atoms with Gasteiger partial charge in [0.2, 0.25) is 0 Å². The van der Waals surface area contributed by atoms with Crippen LogP contribution in [-0.2, 0) is 12.0 Å². The number of para-hydroxylation sites is 1. The van der Waals surface area contributed by atoms with Gasteiger partial charge in [0.1, 0.15) is 0 Å². The van der Waals surface area contributed by atoms with Gasteiger partial charge in [-0.25, -0.2) is 0 Å². The van der Waals surface area contributed by atoms with Crippen LogP contribution in [0.2, 0.25) is 5.02 Å². The fraction of sp³-hybridized carbons (Fsp3) is 0.333. The number of aliphatic hydroxyl groups is 1. The highest BCUT2D eigenvalue weighted by atomic mass is 35.5. The van der Waals surface area contributed by atoms with Crippen LogP contribution in [0.3, 0.4) is 0 Å². The zero-order chi connectivity index (χ0) is 14.7. The SMILES string of the molecule is OCC1(Nc2ccccc2Cl)CCCCc2ccccc21. The number of anilines is 1. The van der Waals surface area contributed by atoms with Crippen molar-refractivity contribution >= 4 is 17.3 Å². The third-order valence-corrected chi connectivity index (χ3v) is 4.68. The van der Waals surface area contributed by atoms with E-state index in [1.54, 1.807) is 0 Å². The van der Waals surface area contributed by atoms with Crippen LogP contribution in [0, 0.1) is 0 Å². The number of hydrogen-bond acceptors (Lipinski definition) is 2. The first-order valence-electron chi connectivity index (χ1n) is 7.47. The minimum absolute atomic E-state index is 0.0647. The number of aryl methyl sites for hydroxylation is 1. The van der Waals surface area contributed by atoms with Crippen molar-refractivity contribution in [3.05, 3.63) is 64.7 Å². The third kappa shape index (κ3) is 2.78. The minimum atomic E-state index is -0.446. The molecule has 3 rings (SSSR count). The monoisotopic (exact) mass is 301 g/mol. The molecule has 0 bridgehead atoms. The zero-order valence-corrected chi connectivity index (χ0v) is 12.7. The summed E-state index contributed by atoms with van der Waals surface area (Å²) < 4.78 is 0. The summed E-state index contributed by atoms with van der Waals surface area (Å²) in [5.74, 6) is 0. The fourth-order valence-electron chi connectivity index (χ4n) is 3.24. The molecule has 0 radical (unpaired) electrons. The van der Waals surface area contributed by atoms with E-state index in [-0.39, 0.29) is 6.61 Å². The van der Waals surface area contributed by atoms with Gasteiger partial charge in [-0.15, -0.1) is 0 Å². The van der Waals surface area contributed by atoms with Crippen molar-refractivity contribution in [3.8, 4) is 0 Å². The van der Waals surface area contributed by atoms with Gasteiger partial charge >= 0.3 is 0 Å². The van der Waals surface area contributed by atoms with E-state index in [0.717, 1.165) is 31.4 Å². The lowest BCUT2D eigenvalue weighted by atomic mass is 9.84. The van der Waals surface area contributed by atoms with E-state index in [2.05, 4.69) is 23.5 Å². The molecule has 2 nitrogen and oxygen atoms in total. The lowest BCUT2D eigenvalue weighted by Gasteiger charge is -2.35. The molecule has 0 amide bonds. The highest BCUT2D eigenvalue weighted by Gasteiger charge is 2.34. The third-order valence-electron chi connectivity index (χ3n) is 4.35. The van der Waals surface area contributed by atoms with Gasteiger partial charge in [0.15, 0.2) is 0 Å². The van der Waals surface area contributed by atoms with E-state index in [1.807, 2.05) is 30.3 Å². The highest BCUT2D eigenvalue weighted by molar-refractivity contribution is 6.33. The first-order chi connectivity index (χ1) is 10.2. The van der Waals surface area contributed by atoms with Crippen molar-refractivity contribution in [3.63, 3.8) is 0 Å². The average molecular weight is 302 g/mol. The molecule has 0 saturated carbocycles. The van der Waals surface area contributed by atoms with Crippen LogP contribution in [0.1, 0.15) is 30.4 Å². The van der Waals surface area contributed by atoms with Gasteiger partial charge in [-0.1, -0.05) is 54.4 Å². The van der Waals surface area contributed by atoms with E-state index in [0.29, 0.717) is 5.02 Å². The highest BCUT2D eigenvalue weighted by Crippen LogP contribution is 2.38. The summed E-state index contributed by atoms with van der Waals surface area (Å²) in [5.41, 5.74) is 2.95. The van der Waals surface area contributed by atoms with Gasteiger partial charge in [-0.3, -0.25) is 0 Å². The maximum Gasteiger partial charge on any atom is 0.0859 e. The van der Waals surface area contributed by atoms with Crippen molar-refractivity contribution in [1.82, 2.24) is 0 Å². The fourth-order valence-corrected chi connectivity index (χ4v) is 3.42. The lowest BCUT2D eigenvalue weighted by Crippen LogP contribution is -2.39.